The highest BCUT2D eigenvalue weighted by Gasteiger charge is 2.08. The molecule has 0 unspecified atom stereocenters. The van der Waals surface area contributed by atoms with Gasteiger partial charge in [-0.3, -0.25) is 4.79 Å². The fourth-order valence-corrected chi connectivity index (χ4v) is 2.85. The summed E-state index contributed by atoms with van der Waals surface area (Å²) in [6, 6.07) is 13.4. The Kier molecular flexibility index (Phi) is 10.9. The summed E-state index contributed by atoms with van der Waals surface area (Å²) in [6.07, 6.45) is 0. The van der Waals surface area contributed by atoms with Crippen LogP contribution in [0.5, 0.6) is 0 Å². The third kappa shape index (κ3) is 7.67. The Balaban J connectivity index is 0.00000392. The molecule has 0 aliphatic carbocycles. The Bertz CT molecular complexity index is 811. The zero-order valence-corrected chi connectivity index (χ0v) is 19.6. The van der Waals surface area contributed by atoms with E-state index in [0.29, 0.717) is 30.2 Å². The normalized spacial score (nSPS) is 10.8. The molecule has 0 atom stereocenters. The molecule has 0 bridgehead atoms. The highest BCUT2D eigenvalue weighted by Crippen LogP contribution is 2.14. The highest BCUT2D eigenvalue weighted by atomic mass is 127. The van der Waals surface area contributed by atoms with Crippen molar-refractivity contribution in [3.05, 3.63) is 69.7 Å². The number of guanidine groups is 1. The topological polar surface area (TPSA) is 65.5 Å². The van der Waals surface area contributed by atoms with Gasteiger partial charge < -0.3 is 16.0 Å². The van der Waals surface area contributed by atoms with Crippen molar-refractivity contribution in [2.24, 2.45) is 4.99 Å². The van der Waals surface area contributed by atoms with Gasteiger partial charge >= 0.3 is 0 Å². The summed E-state index contributed by atoms with van der Waals surface area (Å²) in [5, 5.41) is 9.76. The molecule has 0 aliphatic rings. The van der Waals surface area contributed by atoms with Crippen LogP contribution in [-0.2, 0) is 6.54 Å². The summed E-state index contributed by atoms with van der Waals surface area (Å²) >= 11 is 6.04. The molecule has 1 amide bonds. The maximum absolute atomic E-state index is 12.1. The van der Waals surface area contributed by atoms with Crippen molar-refractivity contribution in [2.45, 2.75) is 27.3 Å². The number of carbonyl (C=O) groups excluding carboxylic acids is 1. The quantitative estimate of drug-likeness (QED) is 0.226. The van der Waals surface area contributed by atoms with Crippen molar-refractivity contribution in [3.63, 3.8) is 0 Å². The lowest BCUT2D eigenvalue weighted by Gasteiger charge is -2.13. The Morgan fingerprint density at radius 1 is 1.04 bits per heavy atom. The zero-order chi connectivity index (χ0) is 19.6. The predicted octanol–water partition coefficient (Wildman–Crippen LogP) is 4.06. The van der Waals surface area contributed by atoms with Crippen LogP contribution in [0.3, 0.4) is 0 Å². The van der Waals surface area contributed by atoms with Crippen LogP contribution in [0.1, 0.15) is 34.0 Å². The van der Waals surface area contributed by atoms with Crippen molar-refractivity contribution >= 4 is 47.4 Å². The van der Waals surface area contributed by atoms with E-state index in [1.54, 1.807) is 24.3 Å². The smallest absolute Gasteiger partial charge is 0.252 e. The van der Waals surface area contributed by atoms with Gasteiger partial charge in [-0.25, -0.2) is 4.99 Å². The van der Waals surface area contributed by atoms with Gasteiger partial charge in [0.1, 0.15) is 0 Å². The predicted molar refractivity (Wildman–Crippen MR) is 128 cm³/mol. The first-order chi connectivity index (χ1) is 13.0. The zero-order valence-electron chi connectivity index (χ0n) is 16.5. The lowest BCUT2D eigenvalue weighted by Crippen LogP contribution is -2.41. The van der Waals surface area contributed by atoms with Crippen LogP contribution in [0, 0.1) is 13.8 Å². The maximum Gasteiger partial charge on any atom is 0.252 e. The van der Waals surface area contributed by atoms with E-state index in [9.17, 15) is 4.79 Å². The van der Waals surface area contributed by atoms with Crippen LogP contribution >= 0.6 is 35.6 Å². The SMILES string of the molecule is CCNC(=NCc1ccc(C)cc1C)NCCNC(=O)c1ccccc1Cl.I. The van der Waals surface area contributed by atoms with Crippen molar-refractivity contribution in [2.75, 3.05) is 19.6 Å². The largest absolute Gasteiger partial charge is 0.357 e. The van der Waals surface area contributed by atoms with Gasteiger partial charge in [0.05, 0.1) is 17.1 Å². The van der Waals surface area contributed by atoms with E-state index < -0.39 is 0 Å². The second kappa shape index (κ2) is 12.6. The average Bonchev–Trinajstić information content (AvgIpc) is 2.64. The molecule has 0 fully saturated rings. The van der Waals surface area contributed by atoms with E-state index in [2.05, 4.69) is 53.0 Å². The Hall–Kier alpha value is -1.80. The molecule has 0 spiro atoms. The van der Waals surface area contributed by atoms with Crippen LogP contribution in [0.4, 0.5) is 0 Å². The molecule has 0 saturated heterocycles. The molecular formula is C21H28ClIN4O. The second-order valence-corrected chi connectivity index (χ2v) is 6.69. The lowest BCUT2D eigenvalue weighted by molar-refractivity contribution is 0.0954. The van der Waals surface area contributed by atoms with Gasteiger partial charge in [-0.2, -0.15) is 0 Å². The summed E-state index contributed by atoms with van der Waals surface area (Å²) in [6.45, 7) is 8.61. The van der Waals surface area contributed by atoms with Crippen LogP contribution in [0.25, 0.3) is 0 Å². The molecule has 2 rings (SSSR count). The Morgan fingerprint density at radius 2 is 1.75 bits per heavy atom. The second-order valence-electron chi connectivity index (χ2n) is 6.29. The van der Waals surface area contributed by atoms with Crippen molar-refractivity contribution < 1.29 is 4.79 Å². The van der Waals surface area contributed by atoms with E-state index >= 15 is 0 Å². The fraction of sp³-hybridized carbons (Fsp3) is 0.333. The molecular weight excluding hydrogens is 487 g/mol. The summed E-state index contributed by atoms with van der Waals surface area (Å²) in [7, 11) is 0. The minimum absolute atomic E-state index is 0. The van der Waals surface area contributed by atoms with Crippen LogP contribution in [0.15, 0.2) is 47.5 Å². The molecule has 0 aliphatic heterocycles. The molecule has 0 saturated carbocycles. The molecule has 5 nitrogen and oxygen atoms in total. The summed E-state index contributed by atoms with van der Waals surface area (Å²) in [5.41, 5.74) is 4.17. The number of hydrogen-bond donors (Lipinski definition) is 3. The lowest BCUT2D eigenvalue weighted by atomic mass is 10.1. The van der Waals surface area contributed by atoms with Gasteiger partial charge in [0, 0.05) is 19.6 Å². The first-order valence-electron chi connectivity index (χ1n) is 9.12. The van der Waals surface area contributed by atoms with Gasteiger partial charge in [0.25, 0.3) is 5.91 Å². The molecule has 7 heteroatoms. The molecule has 0 heterocycles. The van der Waals surface area contributed by atoms with Crippen LogP contribution in [-0.4, -0.2) is 31.5 Å². The minimum Gasteiger partial charge on any atom is -0.357 e. The number of benzene rings is 2. The van der Waals surface area contributed by atoms with Crippen LogP contribution < -0.4 is 16.0 Å². The van der Waals surface area contributed by atoms with Gasteiger partial charge in [-0.05, 0) is 44.0 Å². The molecule has 2 aromatic rings. The number of carbonyl (C=O) groups is 1. The molecule has 152 valence electrons. The van der Waals surface area contributed by atoms with E-state index in [4.69, 9.17) is 11.6 Å². The number of aryl methyl sites for hydroxylation is 2. The number of aliphatic imine (C=N–C) groups is 1. The van der Waals surface area contributed by atoms with E-state index in [-0.39, 0.29) is 29.9 Å². The Labute approximate surface area is 189 Å². The highest BCUT2D eigenvalue weighted by molar-refractivity contribution is 14.0. The van der Waals surface area contributed by atoms with Crippen molar-refractivity contribution in [1.82, 2.24) is 16.0 Å². The monoisotopic (exact) mass is 514 g/mol. The first kappa shape index (κ1) is 24.2. The maximum atomic E-state index is 12.1. The number of hydrogen-bond acceptors (Lipinski definition) is 2. The molecule has 0 aromatic heterocycles. The molecule has 0 radical (unpaired) electrons. The first-order valence-corrected chi connectivity index (χ1v) is 9.50. The van der Waals surface area contributed by atoms with Crippen molar-refractivity contribution in [3.8, 4) is 0 Å². The third-order valence-corrected chi connectivity index (χ3v) is 4.40. The fourth-order valence-electron chi connectivity index (χ4n) is 2.63. The Morgan fingerprint density at radius 3 is 2.43 bits per heavy atom. The number of amides is 1. The molecule has 2 aromatic carbocycles. The summed E-state index contributed by atoms with van der Waals surface area (Å²) < 4.78 is 0. The number of nitrogens with zero attached hydrogens (tertiary/aromatic N) is 1. The number of nitrogens with one attached hydrogen (secondary N) is 3. The average molecular weight is 515 g/mol. The number of rotatable bonds is 7. The van der Waals surface area contributed by atoms with E-state index in [0.717, 1.165) is 12.5 Å². The van der Waals surface area contributed by atoms with E-state index in [1.165, 1.54) is 16.7 Å². The number of halogens is 2. The van der Waals surface area contributed by atoms with Gasteiger partial charge in [-0.1, -0.05) is 47.5 Å². The van der Waals surface area contributed by atoms with E-state index in [1.807, 2.05) is 6.92 Å². The summed E-state index contributed by atoms with van der Waals surface area (Å²) in [4.78, 5) is 16.8. The third-order valence-electron chi connectivity index (χ3n) is 4.07. The molecule has 3 N–H and O–H groups in total. The molecule has 28 heavy (non-hydrogen) atoms. The van der Waals surface area contributed by atoms with Crippen LogP contribution in [0.2, 0.25) is 5.02 Å². The van der Waals surface area contributed by atoms with Gasteiger partial charge in [0.2, 0.25) is 0 Å². The van der Waals surface area contributed by atoms with Gasteiger partial charge in [0.15, 0.2) is 5.96 Å². The van der Waals surface area contributed by atoms with Crippen molar-refractivity contribution in [1.29, 1.82) is 0 Å². The standard InChI is InChI=1S/C21H27ClN4O.HI/c1-4-23-21(26-14-17-10-9-15(2)13-16(17)3)25-12-11-24-20(27)18-7-5-6-8-19(18)22;/h5-10,13H,4,11-12,14H2,1-3H3,(H,24,27)(H2,23,25,26);1H. The summed E-state index contributed by atoms with van der Waals surface area (Å²) in [5.74, 6) is 0.545. The van der Waals surface area contributed by atoms with Gasteiger partial charge in [-0.15, -0.1) is 24.0 Å². The minimum atomic E-state index is -0.181.